The number of hydrogen-bond acceptors (Lipinski definition) is 2. The van der Waals surface area contributed by atoms with Gasteiger partial charge < -0.3 is 13.9 Å². The number of fused-ring (bicyclic) bond motifs is 10. The molecule has 1 aliphatic rings. The second-order valence-electron chi connectivity index (χ2n) is 13.0. The highest BCUT2D eigenvalue weighted by Crippen LogP contribution is 2.52. The zero-order valence-electron chi connectivity index (χ0n) is 25.7. The van der Waals surface area contributed by atoms with Crippen molar-refractivity contribution >= 4 is 71.6 Å². The van der Waals surface area contributed by atoms with Crippen LogP contribution in [0.15, 0.2) is 150 Å². The first-order valence-corrected chi connectivity index (χ1v) is 16.0. The highest BCUT2D eigenvalue weighted by molar-refractivity contribution is 6.25. The average Bonchev–Trinajstić information content (AvgIpc) is 3.64. The summed E-state index contributed by atoms with van der Waals surface area (Å²) in [4.78, 5) is 2.40. The van der Waals surface area contributed by atoms with Crippen LogP contribution < -0.4 is 4.90 Å². The smallest absolute Gasteiger partial charge is 0.145 e. The molecule has 218 valence electrons. The topological polar surface area (TPSA) is 21.3 Å². The van der Waals surface area contributed by atoms with Gasteiger partial charge in [-0.25, -0.2) is 0 Å². The monoisotopic (exact) mass is 590 g/mol. The maximum absolute atomic E-state index is 6.66. The number of aromatic nitrogens is 1. The summed E-state index contributed by atoms with van der Waals surface area (Å²) in [6, 6.07) is 52.6. The van der Waals surface area contributed by atoms with Crippen LogP contribution in [0.1, 0.15) is 25.0 Å². The van der Waals surface area contributed by atoms with E-state index in [4.69, 9.17) is 4.42 Å². The van der Waals surface area contributed by atoms with E-state index < -0.39 is 0 Å². The van der Waals surface area contributed by atoms with Crippen LogP contribution in [0.4, 0.5) is 17.1 Å². The molecule has 0 N–H and O–H groups in total. The molecule has 3 heterocycles. The first-order valence-electron chi connectivity index (χ1n) is 16.0. The Bertz CT molecular complexity index is 2670. The molecule has 9 aromatic rings. The van der Waals surface area contributed by atoms with Crippen molar-refractivity contribution in [2.45, 2.75) is 19.3 Å². The Labute approximate surface area is 266 Å². The first kappa shape index (κ1) is 25.5. The minimum absolute atomic E-state index is 0.236. The number of rotatable bonds is 3. The lowest BCUT2D eigenvalue weighted by Crippen LogP contribution is -2.26. The average molecular weight is 591 g/mol. The summed E-state index contributed by atoms with van der Waals surface area (Å²) in [5, 5.41) is 7.20. The Balaban J connectivity index is 1.32. The van der Waals surface area contributed by atoms with Crippen LogP contribution in [-0.2, 0) is 5.41 Å². The Hall–Kier alpha value is -5.80. The van der Waals surface area contributed by atoms with Crippen LogP contribution in [-0.4, -0.2) is 4.57 Å². The second kappa shape index (κ2) is 9.12. The lowest BCUT2D eigenvalue weighted by molar-refractivity contribution is 0.630. The predicted molar refractivity (Wildman–Crippen MR) is 192 cm³/mol. The van der Waals surface area contributed by atoms with E-state index in [-0.39, 0.29) is 5.41 Å². The van der Waals surface area contributed by atoms with Gasteiger partial charge in [0.1, 0.15) is 11.2 Å². The molecular formula is C43H30N2O. The molecule has 10 rings (SSSR count). The molecule has 0 fully saturated rings. The van der Waals surface area contributed by atoms with Gasteiger partial charge in [-0.2, -0.15) is 0 Å². The summed E-state index contributed by atoms with van der Waals surface area (Å²) in [6.45, 7) is 4.74. The van der Waals surface area contributed by atoms with Crippen molar-refractivity contribution < 1.29 is 4.42 Å². The van der Waals surface area contributed by atoms with E-state index in [2.05, 4.69) is 169 Å². The van der Waals surface area contributed by atoms with Crippen molar-refractivity contribution in [3.05, 3.63) is 157 Å². The van der Waals surface area contributed by atoms with Crippen molar-refractivity contribution in [3.8, 4) is 5.69 Å². The Morgan fingerprint density at radius 1 is 0.565 bits per heavy atom. The van der Waals surface area contributed by atoms with Crippen molar-refractivity contribution in [3.63, 3.8) is 0 Å². The number of benzene rings is 7. The third-order valence-electron chi connectivity index (χ3n) is 10.1. The fourth-order valence-electron chi connectivity index (χ4n) is 7.98. The van der Waals surface area contributed by atoms with E-state index >= 15 is 0 Å². The van der Waals surface area contributed by atoms with E-state index in [1.165, 1.54) is 54.8 Å². The van der Waals surface area contributed by atoms with Crippen LogP contribution in [0.2, 0.25) is 0 Å². The van der Waals surface area contributed by atoms with Gasteiger partial charge in [0.25, 0.3) is 0 Å². The predicted octanol–water partition coefficient (Wildman–Crippen LogP) is 11.9. The van der Waals surface area contributed by atoms with Crippen LogP contribution >= 0.6 is 0 Å². The van der Waals surface area contributed by atoms with Gasteiger partial charge in [0.15, 0.2) is 0 Å². The minimum Gasteiger partial charge on any atom is -0.455 e. The van der Waals surface area contributed by atoms with E-state index in [9.17, 15) is 0 Å². The van der Waals surface area contributed by atoms with Gasteiger partial charge in [0.2, 0.25) is 0 Å². The van der Waals surface area contributed by atoms with Crippen molar-refractivity contribution in [1.29, 1.82) is 0 Å². The van der Waals surface area contributed by atoms with Gasteiger partial charge in [0, 0.05) is 38.3 Å². The van der Waals surface area contributed by atoms with E-state index in [0.717, 1.165) is 33.6 Å². The van der Waals surface area contributed by atoms with Gasteiger partial charge >= 0.3 is 0 Å². The summed E-state index contributed by atoms with van der Waals surface area (Å²) in [5.41, 5.74) is 11.3. The molecule has 0 aliphatic carbocycles. The highest BCUT2D eigenvalue weighted by Gasteiger charge is 2.37. The SMILES string of the molecule is CC1(C)c2ccc(N(c3ccccc3)c3cccc4ccccc34)cc2-n2c3ccccc3c3c4oc5ccccc5c4cc1c32. The minimum atomic E-state index is -0.236. The molecule has 0 bridgehead atoms. The summed E-state index contributed by atoms with van der Waals surface area (Å²) >= 11 is 0. The van der Waals surface area contributed by atoms with Gasteiger partial charge in [-0.05, 0) is 65.0 Å². The number of furan rings is 1. The molecule has 0 radical (unpaired) electrons. The summed E-state index contributed by atoms with van der Waals surface area (Å²) in [5.74, 6) is 0. The van der Waals surface area contributed by atoms with Crippen molar-refractivity contribution in [2.75, 3.05) is 4.90 Å². The largest absolute Gasteiger partial charge is 0.455 e. The molecule has 0 atom stereocenters. The maximum Gasteiger partial charge on any atom is 0.145 e. The number of nitrogens with zero attached hydrogens (tertiary/aromatic N) is 2. The second-order valence-corrected chi connectivity index (χ2v) is 13.0. The molecule has 1 aliphatic heterocycles. The third kappa shape index (κ3) is 3.32. The van der Waals surface area contributed by atoms with Crippen molar-refractivity contribution in [1.82, 2.24) is 4.57 Å². The summed E-state index contributed by atoms with van der Waals surface area (Å²) in [7, 11) is 0. The summed E-state index contributed by atoms with van der Waals surface area (Å²) in [6.07, 6.45) is 0. The zero-order valence-corrected chi connectivity index (χ0v) is 25.7. The number of hydrogen-bond donors (Lipinski definition) is 0. The molecule has 0 unspecified atom stereocenters. The first-order chi connectivity index (χ1) is 22.6. The van der Waals surface area contributed by atoms with Crippen LogP contribution in [0.3, 0.4) is 0 Å². The normalized spacial score (nSPS) is 13.6. The zero-order chi connectivity index (χ0) is 30.6. The lowest BCUT2D eigenvalue weighted by Gasteiger charge is -2.36. The quantitative estimate of drug-likeness (QED) is 0.204. The Kier molecular flexibility index (Phi) is 5.06. The number of anilines is 3. The molecule has 0 saturated carbocycles. The van der Waals surface area contributed by atoms with E-state index in [1.807, 2.05) is 0 Å². The molecule has 3 nitrogen and oxygen atoms in total. The summed E-state index contributed by atoms with van der Waals surface area (Å²) < 4.78 is 9.15. The van der Waals surface area contributed by atoms with Gasteiger partial charge in [-0.15, -0.1) is 0 Å². The Morgan fingerprint density at radius 3 is 2.15 bits per heavy atom. The molecule has 2 aromatic heterocycles. The molecule has 46 heavy (non-hydrogen) atoms. The molecule has 3 heteroatoms. The van der Waals surface area contributed by atoms with Gasteiger partial charge in [-0.3, -0.25) is 0 Å². The van der Waals surface area contributed by atoms with Gasteiger partial charge in [0.05, 0.1) is 27.8 Å². The van der Waals surface area contributed by atoms with Crippen LogP contribution in [0.25, 0.3) is 60.2 Å². The fourth-order valence-corrected chi connectivity index (χ4v) is 7.98. The molecule has 0 amide bonds. The van der Waals surface area contributed by atoms with E-state index in [1.54, 1.807) is 0 Å². The molecule has 0 spiro atoms. The Morgan fingerprint density at radius 2 is 1.28 bits per heavy atom. The van der Waals surface area contributed by atoms with Crippen LogP contribution in [0.5, 0.6) is 0 Å². The van der Waals surface area contributed by atoms with Gasteiger partial charge in [-0.1, -0.05) is 111 Å². The van der Waals surface area contributed by atoms with Crippen molar-refractivity contribution in [2.24, 2.45) is 0 Å². The molecular weight excluding hydrogens is 560 g/mol. The third-order valence-corrected chi connectivity index (χ3v) is 10.1. The fraction of sp³-hybridized carbons (Fsp3) is 0.0698. The van der Waals surface area contributed by atoms with Crippen LogP contribution in [0, 0.1) is 0 Å². The standard InChI is InChI=1S/C43H30N2O/c1-43(2)34-24-23-29(44(28-15-4-3-5-16-28)36-21-12-14-27-13-6-7-17-30(27)36)25-38(34)45-37-20-10-8-19-32(37)40-41(45)35(43)26-33-31-18-9-11-22-39(31)46-42(33)40/h3-26H,1-2H3. The maximum atomic E-state index is 6.66. The van der Waals surface area contributed by atoms with E-state index in [0.29, 0.717) is 0 Å². The highest BCUT2D eigenvalue weighted by atomic mass is 16.3. The molecule has 7 aromatic carbocycles. The molecule has 0 saturated heterocycles. The lowest BCUT2D eigenvalue weighted by atomic mass is 9.74. The number of para-hydroxylation sites is 3.